The maximum Gasteiger partial charge on any atom is 0.260 e. The molecular weight excluding hydrogens is 291 g/mol. The van der Waals surface area contributed by atoms with E-state index in [1.165, 1.54) is 12.1 Å². The second kappa shape index (κ2) is 8.56. The molecule has 1 aromatic carbocycles. The number of hydrogen-bond acceptors (Lipinski definition) is 3. The van der Waals surface area contributed by atoms with E-state index in [0.29, 0.717) is 6.54 Å². The van der Waals surface area contributed by atoms with Crippen molar-refractivity contribution >= 4 is 23.1 Å². The van der Waals surface area contributed by atoms with E-state index >= 15 is 0 Å². The first-order chi connectivity index (χ1) is 9.97. The van der Waals surface area contributed by atoms with Crippen molar-refractivity contribution in [2.45, 2.75) is 39.2 Å². The van der Waals surface area contributed by atoms with Crippen molar-refractivity contribution < 1.29 is 13.9 Å². The Morgan fingerprint density at radius 3 is 2.81 bits per heavy atom. The van der Waals surface area contributed by atoms with E-state index in [1.807, 2.05) is 0 Å². The lowest BCUT2D eigenvalue weighted by Crippen LogP contribution is -2.37. The number of ether oxygens (including phenoxy) is 1. The van der Waals surface area contributed by atoms with Gasteiger partial charge in [0.05, 0.1) is 5.56 Å². The summed E-state index contributed by atoms with van der Waals surface area (Å²) in [4.78, 5) is 11.8. The minimum Gasteiger partial charge on any atom is -0.480 e. The predicted molar refractivity (Wildman–Crippen MR) is 84.9 cm³/mol. The fraction of sp³-hybridized carbons (Fsp3) is 0.467. The highest BCUT2D eigenvalue weighted by molar-refractivity contribution is 7.80. The van der Waals surface area contributed by atoms with Gasteiger partial charge in [0.25, 0.3) is 5.91 Å². The average molecular weight is 312 g/mol. The molecule has 1 unspecified atom stereocenters. The number of unbranched alkanes of at least 4 members (excludes halogenated alkanes) is 2. The first-order valence-electron chi connectivity index (χ1n) is 7.00. The number of halogens is 1. The van der Waals surface area contributed by atoms with Gasteiger partial charge >= 0.3 is 0 Å². The minimum atomic E-state index is -0.749. The molecule has 6 heteroatoms. The van der Waals surface area contributed by atoms with Crippen LogP contribution in [0.3, 0.4) is 0 Å². The van der Waals surface area contributed by atoms with Crippen LogP contribution in [-0.2, 0) is 4.79 Å². The van der Waals surface area contributed by atoms with Crippen molar-refractivity contribution in [1.29, 1.82) is 0 Å². The third-order valence-corrected chi connectivity index (χ3v) is 3.18. The van der Waals surface area contributed by atoms with Gasteiger partial charge in [0, 0.05) is 6.54 Å². The van der Waals surface area contributed by atoms with Gasteiger partial charge in [-0.15, -0.1) is 0 Å². The van der Waals surface area contributed by atoms with Crippen LogP contribution in [0.2, 0.25) is 0 Å². The third-order valence-electron chi connectivity index (χ3n) is 2.97. The number of nitrogens with two attached hydrogens (primary N) is 1. The number of nitrogens with one attached hydrogen (secondary N) is 1. The fourth-order valence-electron chi connectivity index (χ4n) is 1.82. The van der Waals surface area contributed by atoms with E-state index in [4.69, 9.17) is 22.7 Å². The van der Waals surface area contributed by atoms with Gasteiger partial charge in [-0.1, -0.05) is 38.0 Å². The van der Waals surface area contributed by atoms with E-state index < -0.39 is 11.9 Å². The third kappa shape index (κ3) is 5.30. The number of thiocarbonyl (C=S) groups is 1. The van der Waals surface area contributed by atoms with E-state index in [9.17, 15) is 9.18 Å². The van der Waals surface area contributed by atoms with Crippen LogP contribution in [0.15, 0.2) is 18.2 Å². The van der Waals surface area contributed by atoms with E-state index in [1.54, 1.807) is 13.0 Å². The second-order valence-electron chi connectivity index (χ2n) is 4.74. The molecule has 0 aliphatic rings. The van der Waals surface area contributed by atoms with Gasteiger partial charge in [0.15, 0.2) is 6.10 Å². The van der Waals surface area contributed by atoms with Crippen LogP contribution in [0.4, 0.5) is 4.39 Å². The van der Waals surface area contributed by atoms with Crippen molar-refractivity contribution in [3.05, 3.63) is 29.6 Å². The largest absolute Gasteiger partial charge is 0.480 e. The summed E-state index contributed by atoms with van der Waals surface area (Å²) in [6, 6.07) is 4.27. The molecule has 0 aliphatic carbocycles. The molecule has 116 valence electrons. The Hall–Kier alpha value is -1.69. The van der Waals surface area contributed by atoms with Gasteiger partial charge in [-0.25, -0.2) is 4.39 Å². The van der Waals surface area contributed by atoms with Crippen LogP contribution >= 0.6 is 12.2 Å². The number of benzene rings is 1. The maximum atomic E-state index is 13.7. The highest BCUT2D eigenvalue weighted by Crippen LogP contribution is 2.22. The summed E-state index contributed by atoms with van der Waals surface area (Å²) in [5.41, 5.74) is 5.52. The van der Waals surface area contributed by atoms with Crippen LogP contribution in [0.1, 0.15) is 38.7 Å². The number of carbonyl (C=O) groups excluding carboxylic acids is 1. The lowest BCUT2D eigenvalue weighted by Gasteiger charge is -2.17. The fourth-order valence-corrected chi connectivity index (χ4v) is 2.01. The molecule has 1 rings (SSSR count). The van der Waals surface area contributed by atoms with Gasteiger partial charge in [-0.2, -0.15) is 0 Å². The molecule has 1 aromatic rings. The van der Waals surface area contributed by atoms with E-state index in [0.717, 1.165) is 19.3 Å². The average Bonchev–Trinajstić information content (AvgIpc) is 2.43. The van der Waals surface area contributed by atoms with Crippen LogP contribution in [0, 0.1) is 5.82 Å². The van der Waals surface area contributed by atoms with E-state index in [-0.39, 0.29) is 22.2 Å². The lowest BCUT2D eigenvalue weighted by atomic mass is 10.2. The summed E-state index contributed by atoms with van der Waals surface area (Å²) in [6.45, 7) is 4.30. The molecule has 0 saturated carbocycles. The summed E-state index contributed by atoms with van der Waals surface area (Å²) in [6.07, 6.45) is 2.32. The first kappa shape index (κ1) is 17.4. The molecule has 1 atom stereocenters. The molecule has 0 heterocycles. The summed E-state index contributed by atoms with van der Waals surface area (Å²) < 4.78 is 19.2. The van der Waals surface area contributed by atoms with Gasteiger partial charge in [0.2, 0.25) is 0 Å². The predicted octanol–water partition coefficient (Wildman–Crippen LogP) is 2.53. The van der Waals surface area contributed by atoms with Gasteiger partial charge in [-0.3, -0.25) is 4.79 Å². The SMILES string of the molecule is CCCCCNC(=O)C(C)Oc1cccc(F)c1C(N)=S. The van der Waals surface area contributed by atoms with Gasteiger partial charge in [-0.05, 0) is 25.5 Å². The molecule has 0 spiro atoms. The van der Waals surface area contributed by atoms with Crippen molar-refractivity contribution in [1.82, 2.24) is 5.32 Å². The van der Waals surface area contributed by atoms with Crippen molar-refractivity contribution in [3.63, 3.8) is 0 Å². The van der Waals surface area contributed by atoms with Crippen LogP contribution in [0.5, 0.6) is 5.75 Å². The smallest absolute Gasteiger partial charge is 0.260 e. The topological polar surface area (TPSA) is 64.3 Å². The molecule has 0 aliphatic heterocycles. The standard InChI is InChI=1S/C15H21FN2O2S/c1-3-4-5-9-18-15(19)10(2)20-12-8-6-7-11(16)13(12)14(17)21/h6-8,10H,3-5,9H2,1-2H3,(H2,17,21)(H,18,19). The Morgan fingerprint density at radius 2 is 2.19 bits per heavy atom. The molecule has 0 radical (unpaired) electrons. The molecule has 21 heavy (non-hydrogen) atoms. The van der Waals surface area contributed by atoms with Crippen LogP contribution in [-0.4, -0.2) is 23.5 Å². The normalized spacial score (nSPS) is 11.8. The summed E-state index contributed by atoms with van der Waals surface area (Å²) in [5.74, 6) is -0.626. The lowest BCUT2D eigenvalue weighted by molar-refractivity contribution is -0.127. The molecule has 3 N–H and O–H groups in total. The van der Waals surface area contributed by atoms with Crippen molar-refractivity contribution in [2.24, 2.45) is 5.73 Å². The highest BCUT2D eigenvalue weighted by Gasteiger charge is 2.18. The monoisotopic (exact) mass is 312 g/mol. The summed E-state index contributed by atoms with van der Waals surface area (Å²) >= 11 is 4.81. The number of amides is 1. The molecule has 0 saturated heterocycles. The maximum absolute atomic E-state index is 13.7. The van der Waals surface area contributed by atoms with Crippen LogP contribution in [0.25, 0.3) is 0 Å². The quantitative estimate of drug-likeness (QED) is 0.572. The van der Waals surface area contributed by atoms with Crippen LogP contribution < -0.4 is 15.8 Å². The Bertz CT molecular complexity index is 508. The Morgan fingerprint density at radius 1 is 1.48 bits per heavy atom. The highest BCUT2D eigenvalue weighted by atomic mass is 32.1. The summed E-state index contributed by atoms with van der Waals surface area (Å²) in [7, 11) is 0. The van der Waals surface area contributed by atoms with Crippen molar-refractivity contribution in [2.75, 3.05) is 6.54 Å². The second-order valence-corrected chi connectivity index (χ2v) is 5.18. The number of hydrogen-bond donors (Lipinski definition) is 2. The molecule has 0 aromatic heterocycles. The Labute approximate surface area is 129 Å². The molecule has 0 fully saturated rings. The van der Waals surface area contributed by atoms with E-state index in [2.05, 4.69) is 12.2 Å². The molecule has 0 bridgehead atoms. The summed E-state index contributed by atoms with van der Waals surface area (Å²) in [5, 5.41) is 2.78. The zero-order valence-corrected chi connectivity index (χ0v) is 13.1. The Balaban J connectivity index is 2.66. The first-order valence-corrected chi connectivity index (χ1v) is 7.40. The Kier molecular flexibility index (Phi) is 7.08. The molecule has 1 amide bonds. The minimum absolute atomic E-state index is 0.0260. The number of carbonyl (C=O) groups is 1. The zero-order valence-electron chi connectivity index (χ0n) is 12.3. The molecule has 4 nitrogen and oxygen atoms in total. The zero-order chi connectivity index (χ0) is 15.8. The van der Waals surface area contributed by atoms with Crippen molar-refractivity contribution in [3.8, 4) is 5.75 Å². The number of rotatable bonds is 8. The van der Waals surface area contributed by atoms with Gasteiger partial charge in [0.1, 0.15) is 16.6 Å². The molecular formula is C15H21FN2O2S. The van der Waals surface area contributed by atoms with Gasteiger partial charge < -0.3 is 15.8 Å².